The summed E-state index contributed by atoms with van der Waals surface area (Å²) >= 11 is 0. The van der Waals surface area contributed by atoms with Gasteiger partial charge >= 0.3 is 0 Å². The molecule has 0 spiro atoms. The van der Waals surface area contributed by atoms with E-state index in [1.54, 1.807) is 4.31 Å². The van der Waals surface area contributed by atoms with Crippen molar-refractivity contribution < 1.29 is 8.42 Å². The van der Waals surface area contributed by atoms with Crippen molar-refractivity contribution in [1.82, 2.24) is 9.21 Å². The SMILES string of the molecule is CCCCC(C)N1CCN(S(=O)(=O)C2(C)CC2)CC1. The molecule has 1 heterocycles. The molecule has 2 aliphatic rings. The van der Waals surface area contributed by atoms with Crippen LogP contribution in [0.15, 0.2) is 0 Å². The predicted octanol–water partition coefficient (Wildman–Crippen LogP) is 2.07. The summed E-state index contributed by atoms with van der Waals surface area (Å²) in [7, 11) is -3.05. The third kappa shape index (κ3) is 3.14. The number of piperazine rings is 1. The number of nitrogens with zero attached hydrogens (tertiary/aromatic N) is 2. The van der Waals surface area contributed by atoms with Gasteiger partial charge in [-0.2, -0.15) is 4.31 Å². The van der Waals surface area contributed by atoms with Crippen molar-refractivity contribution >= 4 is 10.0 Å². The Labute approximate surface area is 118 Å². The average molecular weight is 288 g/mol. The molecule has 5 heteroatoms. The van der Waals surface area contributed by atoms with E-state index in [0.717, 1.165) is 25.9 Å². The highest BCUT2D eigenvalue weighted by molar-refractivity contribution is 7.90. The van der Waals surface area contributed by atoms with Gasteiger partial charge in [-0.3, -0.25) is 4.90 Å². The molecule has 1 atom stereocenters. The van der Waals surface area contributed by atoms with Crippen LogP contribution < -0.4 is 0 Å². The van der Waals surface area contributed by atoms with Crippen LogP contribution >= 0.6 is 0 Å². The molecule has 2 rings (SSSR count). The van der Waals surface area contributed by atoms with E-state index in [1.807, 2.05) is 6.92 Å². The first kappa shape index (κ1) is 15.3. The van der Waals surface area contributed by atoms with Gasteiger partial charge in [0, 0.05) is 32.2 Å². The fraction of sp³-hybridized carbons (Fsp3) is 1.00. The van der Waals surface area contributed by atoms with Gasteiger partial charge in [0.25, 0.3) is 0 Å². The molecule has 112 valence electrons. The van der Waals surface area contributed by atoms with Gasteiger partial charge in [-0.15, -0.1) is 0 Å². The van der Waals surface area contributed by atoms with E-state index in [2.05, 4.69) is 18.7 Å². The van der Waals surface area contributed by atoms with Crippen LogP contribution in [0.2, 0.25) is 0 Å². The Morgan fingerprint density at radius 2 is 1.74 bits per heavy atom. The van der Waals surface area contributed by atoms with Crippen LogP contribution in [0.4, 0.5) is 0 Å². The van der Waals surface area contributed by atoms with Gasteiger partial charge in [0.15, 0.2) is 0 Å². The first-order valence-corrected chi connectivity index (χ1v) is 9.08. The molecule has 1 saturated heterocycles. The molecule has 1 saturated carbocycles. The second-order valence-corrected chi connectivity index (χ2v) is 8.83. The van der Waals surface area contributed by atoms with E-state index in [1.165, 1.54) is 19.3 Å². The van der Waals surface area contributed by atoms with Crippen molar-refractivity contribution in [1.29, 1.82) is 0 Å². The van der Waals surface area contributed by atoms with Gasteiger partial charge in [-0.25, -0.2) is 8.42 Å². The van der Waals surface area contributed by atoms with E-state index < -0.39 is 14.8 Å². The highest BCUT2D eigenvalue weighted by atomic mass is 32.2. The van der Waals surface area contributed by atoms with E-state index >= 15 is 0 Å². The largest absolute Gasteiger partial charge is 0.298 e. The summed E-state index contributed by atoms with van der Waals surface area (Å²) in [5.41, 5.74) is 0. The van der Waals surface area contributed by atoms with Crippen LogP contribution in [-0.2, 0) is 10.0 Å². The zero-order valence-corrected chi connectivity index (χ0v) is 13.4. The molecular weight excluding hydrogens is 260 g/mol. The lowest BCUT2D eigenvalue weighted by Crippen LogP contribution is -2.53. The molecule has 2 fully saturated rings. The fourth-order valence-corrected chi connectivity index (χ4v) is 4.70. The Bertz CT molecular complexity index is 396. The minimum absolute atomic E-state index is 0.441. The quantitative estimate of drug-likeness (QED) is 0.751. The predicted molar refractivity (Wildman–Crippen MR) is 78.7 cm³/mol. The Balaban J connectivity index is 1.86. The number of hydrogen-bond donors (Lipinski definition) is 0. The van der Waals surface area contributed by atoms with Crippen molar-refractivity contribution in [2.75, 3.05) is 26.2 Å². The maximum Gasteiger partial charge on any atom is 0.219 e. The van der Waals surface area contributed by atoms with Crippen molar-refractivity contribution in [3.8, 4) is 0 Å². The minimum Gasteiger partial charge on any atom is -0.298 e. The van der Waals surface area contributed by atoms with Gasteiger partial charge in [-0.05, 0) is 33.1 Å². The Hall–Kier alpha value is -0.130. The highest BCUT2D eigenvalue weighted by Gasteiger charge is 2.53. The van der Waals surface area contributed by atoms with Gasteiger partial charge in [0.2, 0.25) is 10.0 Å². The van der Waals surface area contributed by atoms with E-state index in [-0.39, 0.29) is 0 Å². The summed E-state index contributed by atoms with van der Waals surface area (Å²) < 4.78 is 26.1. The fourth-order valence-electron chi connectivity index (χ4n) is 2.81. The van der Waals surface area contributed by atoms with Crippen LogP contribution in [0, 0.1) is 0 Å². The van der Waals surface area contributed by atoms with Gasteiger partial charge < -0.3 is 0 Å². The molecule has 0 aromatic carbocycles. The maximum absolute atomic E-state index is 12.4. The minimum atomic E-state index is -3.05. The second-order valence-electron chi connectivity index (χ2n) is 6.38. The van der Waals surface area contributed by atoms with Crippen LogP contribution in [0.5, 0.6) is 0 Å². The topological polar surface area (TPSA) is 40.6 Å². The van der Waals surface area contributed by atoms with E-state index in [9.17, 15) is 8.42 Å². The standard InChI is InChI=1S/C14H28N2O2S/c1-4-5-6-13(2)15-9-11-16(12-10-15)19(17,18)14(3)7-8-14/h13H,4-12H2,1-3H3. The zero-order chi connectivity index (χ0) is 14.1. The molecule has 1 unspecified atom stereocenters. The molecule has 1 aliphatic carbocycles. The van der Waals surface area contributed by atoms with Crippen LogP contribution in [0.1, 0.15) is 52.9 Å². The third-order valence-electron chi connectivity index (χ3n) is 4.79. The van der Waals surface area contributed by atoms with Gasteiger partial charge in [0.05, 0.1) is 4.75 Å². The Kier molecular flexibility index (Phi) is 4.58. The van der Waals surface area contributed by atoms with Gasteiger partial charge in [-0.1, -0.05) is 19.8 Å². The molecular formula is C14H28N2O2S. The summed E-state index contributed by atoms with van der Waals surface area (Å²) in [6.45, 7) is 9.50. The van der Waals surface area contributed by atoms with Crippen LogP contribution in [0.3, 0.4) is 0 Å². The summed E-state index contributed by atoms with van der Waals surface area (Å²) in [5.74, 6) is 0. The zero-order valence-electron chi connectivity index (χ0n) is 12.6. The highest BCUT2D eigenvalue weighted by Crippen LogP contribution is 2.44. The van der Waals surface area contributed by atoms with Crippen LogP contribution in [0.25, 0.3) is 0 Å². The lowest BCUT2D eigenvalue weighted by atomic mass is 10.1. The number of rotatable bonds is 6. The Morgan fingerprint density at radius 1 is 1.16 bits per heavy atom. The molecule has 0 aromatic heterocycles. The number of sulfonamides is 1. The molecule has 0 aromatic rings. The van der Waals surface area contributed by atoms with Crippen molar-refractivity contribution in [3.63, 3.8) is 0 Å². The summed E-state index contributed by atoms with van der Waals surface area (Å²) in [6, 6.07) is 0.585. The van der Waals surface area contributed by atoms with Crippen molar-refractivity contribution in [2.24, 2.45) is 0 Å². The number of hydrogen-bond acceptors (Lipinski definition) is 3. The lowest BCUT2D eigenvalue weighted by Gasteiger charge is -2.38. The van der Waals surface area contributed by atoms with Crippen molar-refractivity contribution in [3.05, 3.63) is 0 Å². The van der Waals surface area contributed by atoms with E-state index in [4.69, 9.17) is 0 Å². The molecule has 4 nitrogen and oxygen atoms in total. The lowest BCUT2D eigenvalue weighted by molar-refractivity contribution is 0.138. The molecule has 0 N–H and O–H groups in total. The smallest absolute Gasteiger partial charge is 0.219 e. The second kappa shape index (κ2) is 5.70. The monoisotopic (exact) mass is 288 g/mol. The van der Waals surface area contributed by atoms with Crippen LogP contribution in [-0.4, -0.2) is 54.6 Å². The van der Waals surface area contributed by atoms with Crippen molar-refractivity contribution in [2.45, 2.75) is 63.7 Å². The Morgan fingerprint density at radius 3 is 2.21 bits per heavy atom. The molecule has 1 aliphatic heterocycles. The summed E-state index contributed by atoms with van der Waals surface area (Å²) in [5, 5.41) is 0. The first-order valence-electron chi connectivity index (χ1n) is 7.64. The van der Waals surface area contributed by atoms with Gasteiger partial charge in [0.1, 0.15) is 0 Å². The number of unbranched alkanes of at least 4 members (excludes halogenated alkanes) is 1. The molecule has 0 amide bonds. The maximum atomic E-state index is 12.4. The summed E-state index contributed by atoms with van der Waals surface area (Å²) in [6.07, 6.45) is 5.39. The summed E-state index contributed by atoms with van der Waals surface area (Å²) in [4.78, 5) is 2.44. The molecule has 0 radical (unpaired) electrons. The first-order chi connectivity index (χ1) is 8.90. The average Bonchev–Trinajstić information content (AvgIpc) is 3.16. The normalized spacial score (nSPS) is 26.3. The molecule has 0 bridgehead atoms. The third-order valence-corrected chi connectivity index (χ3v) is 7.49. The molecule has 19 heavy (non-hydrogen) atoms. The van der Waals surface area contributed by atoms with E-state index in [0.29, 0.717) is 19.1 Å².